The van der Waals surface area contributed by atoms with E-state index in [4.69, 9.17) is 4.74 Å². The van der Waals surface area contributed by atoms with Crippen molar-refractivity contribution in [1.82, 2.24) is 4.90 Å². The minimum Gasteiger partial charge on any atom is -0.460 e. The summed E-state index contributed by atoms with van der Waals surface area (Å²) in [5, 5.41) is 9.41. The molecule has 0 spiro atoms. The van der Waals surface area contributed by atoms with Gasteiger partial charge in [0.2, 0.25) is 0 Å². The van der Waals surface area contributed by atoms with E-state index in [9.17, 15) is 14.7 Å². The Morgan fingerprint density at radius 1 is 1.50 bits per heavy atom. The van der Waals surface area contributed by atoms with Crippen molar-refractivity contribution in [2.24, 2.45) is 0 Å². The third-order valence-corrected chi connectivity index (χ3v) is 1.98. The van der Waals surface area contributed by atoms with Crippen molar-refractivity contribution in [1.29, 1.82) is 0 Å². The van der Waals surface area contributed by atoms with Crippen LogP contribution in [0.15, 0.2) is 0 Å². The number of hydrogen-bond donors (Lipinski definition) is 1. The second kappa shape index (κ2) is 4.28. The summed E-state index contributed by atoms with van der Waals surface area (Å²) < 4.78 is 9.30. The van der Waals surface area contributed by atoms with Crippen molar-refractivity contribution in [3.8, 4) is 0 Å². The number of aliphatic hydroxyl groups excluding tert-OH is 1. The first kappa shape index (κ1) is 10.8. The molecule has 0 saturated carbocycles. The van der Waals surface area contributed by atoms with Gasteiger partial charge in [0.05, 0.1) is 13.7 Å². The average Bonchev–Trinajstić information content (AvgIpc) is 2.44. The van der Waals surface area contributed by atoms with Gasteiger partial charge in [0.15, 0.2) is 0 Å². The van der Waals surface area contributed by atoms with Gasteiger partial charge in [-0.2, -0.15) is 0 Å². The Labute approximate surface area is 81.4 Å². The molecule has 6 heteroatoms. The SMILES string of the molecule is COC(=O)N1C[C@H](OC(C)=O)C[C@@H]1O. The first-order valence-corrected chi connectivity index (χ1v) is 4.24. The predicted octanol–water partition coefficient (Wildman–Crippen LogP) is -0.291. The molecule has 1 fully saturated rings. The Kier molecular flexibility index (Phi) is 3.29. The summed E-state index contributed by atoms with van der Waals surface area (Å²) in [5.74, 6) is -0.422. The van der Waals surface area contributed by atoms with Crippen molar-refractivity contribution < 1.29 is 24.2 Å². The van der Waals surface area contributed by atoms with Crippen LogP contribution in [0.1, 0.15) is 13.3 Å². The molecule has 1 saturated heterocycles. The van der Waals surface area contributed by atoms with E-state index in [0.29, 0.717) is 0 Å². The van der Waals surface area contributed by atoms with Crippen LogP contribution >= 0.6 is 0 Å². The number of aliphatic hydroxyl groups is 1. The van der Waals surface area contributed by atoms with Gasteiger partial charge < -0.3 is 14.6 Å². The van der Waals surface area contributed by atoms with E-state index >= 15 is 0 Å². The number of amides is 1. The smallest absolute Gasteiger partial charge is 0.411 e. The Morgan fingerprint density at radius 3 is 2.64 bits per heavy atom. The summed E-state index contributed by atoms with van der Waals surface area (Å²) in [5.41, 5.74) is 0. The third kappa shape index (κ3) is 2.35. The zero-order valence-corrected chi connectivity index (χ0v) is 8.10. The second-order valence-electron chi connectivity index (χ2n) is 3.07. The molecule has 14 heavy (non-hydrogen) atoms. The fraction of sp³-hybridized carbons (Fsp3) is 0.750. The Bertz CT molecular complexity index is 242. The molecule has 2 atom stereocenters. The maximum Gasteiger partial charge on any atom is 0.411 e. The highest BCUT2D eigenvalue weighted by Crippen LogP contribution is 2.19. The zero-order chi connectivity index (χ0) is 10.7. The van der Waals surface area contributed by atoms with Crippen LogP contribution in [0.5, 0.6) is 0 Å². The third-order valence-electron chi connectivity index (χ3n) is 1.98. The summed E-state index contributed by atoms with van der Waals surface area (Å²) >= 11 is 0. The van der Waals surface area contributed by atoms with E-state index in [1.54, 1.807) is 0 Å². The number of hydrogen-bond acceptors (Lipinski definition) is 5. The molecule has 0 bridgehead atoms. The van der Waals surface area contributed by atoms with Crippen LogP contribution in [-0.2, 0) is 14.3 Å². The van der Waals surface area contributed by atoms with E-state index in [1.165, 1.54) is 14.0 Å². The minimum absolute atomic E-state index is 0.174. The standard InChI is InChI=1S/C8H13NO5/c1-5(10)14-6-3-7(11)9(4-6)8(12)13-2/h6-7,11H,3-4H2,1-2H3/t6-,7+/m1/s1. The van der Waals surface area contributed by atoms with Gasteiger partial charge in [0, 0.05) is 13.3 Å². The van der Waals surface area contributed by atoms with Gasteiger partial charge in [-0.3, -0.25) is 9.69 Å². The fourth-order valence-electron chi connectivity index (χ4n) is 1.41. The molecule has 0 aliphatic carbocycles. The molecular formula is C8H13NO5. The van der Waals surface area contributed by atoms with Gasteiger partial charge >= 0.3 is 12.1 Å². The van der Waals surface area contributed by atoms with Gasteiger partial charge in [-0.05, 0) is 0 Å². The molecule has 1 N–H and O–H groups in total. The summed E-state index contributed by atoms with van der Waals surface area (Å²) in [7, 11) is 1.23. The summed E-state index contributed by atoms with van der Waals surface area (Å²) in [6.07, 6.45) is -1.77. The lowest BCUT2D eigenvalue weighted by Gasteiger charge is -2.17. The van der Waals surface area contributed by atoms with Crippen LogP contribution in [0.2, 0.25) is 0 Å². The molecule has 1 heterocycles. The van der Waals surface area contributed by atoms with Crippen LogP contribution in [0.3, 0.4) is 0 Å². The lowest BCUT2D eigenvalue weighted by atomic mass is 10.3. The first-order valence-electron chi connectivity index (χ1n) is 4.24. The Hall–Kier alpha value is -1.30. The lowest BCUT2D eigenvalue weighted by molar-refractivity contribution is -0.145. The first-order chi connectivity index (χ1) is 6.54. The van der Waals surface area contributed by atoms with Crippen molar-refractivity contribution in [2.45, 2.75) is 25.7 Å². The Morgan fingerprint density at radius 2 is 2.14 bits per heavy atom. The normalized spacial score (nSPS) is 26.1. The topological polar surface area (TPSA) is 76.1 Å². The summed E-state index contributed by atoms with van der Waals surface area (Å²) in [6, 6.07) is 0. The lowest BCUT2D eigenvalue weighted by Crippen LogP contribution is -2.35. The van der Waals surface area contributed by atoms with Gasteiger partial charge in [-0.15, -0.1) is 0 Å². The molecule has 1 rings (SSSR count). The number of carbonyl (C=O) groups is 2. The molecule has 1 amide bonds. The molecule has 0 aromatic carbocycles. The van der Waals surface area contributed by atoms with Gasteiger partial charge in [0.1, 0.15) is 12.3 Å². The van der Waals surface area contributed by atoms with Crippen LogP contribution < -0.4 is 0 Å². The molecule has 0 unspecified atom stereocenters. The highest BCUT2D eigenvalue weighted by molar-refractivity contribution is 5.69. The van der Waals surface area contributed by atoms with Crippen molar-refractivity contribution in [3.05, 3.63) is 0 Å². The summed E-state index contributed by atoms with van der Waals surface area (Å²) in [4.78, 5) is 22.8. The molecule has 6 nitrogen and oxygen atoms in total. The molecule has 1 aliphatic heterocycles. The van der Waals surface area contributed by atoms with Crippen LogP contribution in [-0.4, -0.2) is 48.1 Å². The van der Waals surface area contributed by atoms with E-state index in [0.717, 1.165) is 4.90 Å². The summed E-state index contributed by atoms with van der Waals surface area (Å²) in [6.45, 7) is 1.46. The van der Waals surface area contributed by atoms with E-state index < -0.39 is 24.4 Å². The van der Waals surface area contributed by atoms with Crippen molar-refractivity contribution >= 4 is 12.1 Å². The molecule has 0 aromatic rings. The van der Waals surface area contributed by atoms with Crippen LogP contribution in [0, 0.1) is 0 Å². The van der Waals surface area contributed by atoms with E-state index in [-0.39, 0.29) is 13.0 Å². The number of esters is 1. The van der Waals surface area contributed by atoms with Gasteiger partial charge in [-0.25, -0.2) is 4.79 Å². The number of nitrogens with zero attached hydrogens (tertiary/aromatic N) is 1. The fourth-order valence-corrected chi connectivity index (χ4v) is 1.41. The van der Waals surface area contributed by atoms with E-state index in [1.807, 2.05) is 0 Å². The number of carbonyl (C=O) groups excluding carboxylic acids is 2. The minimum atomic E-state index is -0.938. The number of ether oxygens (including phenoxy) is 2. The molecule has 1 aliphatic rings. The number of rotatable bonds is 1. The number of likely N-dealkylation sites (tertiary alicyclic amines) is 1. The maximum atomic E-state index is 11.1. The predicted molar refractivity (Wildman–Crippen MR) is 45.3 cm³/mol. The highest BCUT2D eigenvalue weighted by Gasteiger charge is 2.36. The Balaban J connectivity index is 2.51. The molecule has 0 aromatic heterocycles. The maximum absolute atomic E-state index is 11.1. The zero-order valence-electron chi connectivity index (χ0n) is 8.10. The quantitative estimate of drug-likeness (QED) is 0.592. The molecule has 0 radical (unpaired) electrons. The van der Waals surface area contributed by atoms with E-state index in [2.05, 4.69) is 4.74 Å². The number of methoxy groups -OCH3 is 1. The highest BCUT2D eigenvalue weighted by atomic mass is 16.6. The molecule has 80 valence electrons. The monoisotopic (exact) mass is 203 g/mol. The van der Waals surface area contributed by atoms with Crippen LogP contribution in [0.25, 0.3) is 0 Å². The molecular weight excluding hydrogens is 190 g/mol. The van der Waals surface area contributed by atoms with Crippen molar-refractivity contribution in [3.63, 3.8) is 0 Å². The van der Waals surface area contributed by atoms with Crippen molar-refractivity contribution in [2.75, 3.05) is 13.7 Å². The van der Waals surface area contributed by atoms with Gasteiger partial charge in [0.25, 0.3) is 0 Å². The largest absolute Gasteiger partial charge is 0.460 e. The average molecular weight is 203 g/mol. The van der Waals surface area contributed by atoms with Crippen LogP contribution in [0.4, 0.5) is 4.79 Å². The van der Waals surface area contributed by atoms with Gasteiger partial charge in [-0.1, -0.05) is 0 Å². The second-order valence-corrected chi connectivity index (χ2v) is 3.07.